The van der Waals surface area contributed by atoms with E-state index >= 15 is 0 Å². The summed E-state index contributed by atoms with van der Waals surface area (Å²) in [6.45, 7) is 1.31. The van der Waals surface area contributed by atoms with Crippen molar-refractivity contribution in [2.45, 2.75) is 13.1 Å². The van der Waals surface area contributed by atoms with E-state index in [-0.39, 0.29) is 0 Å². The predicted molar refractivity (Wildman–Crippen MR) is 88.9 cm³/mol. The van der Waals surface area contributed by atoms with E-state index < -0.39 is 0 Å². The third kappa shape index (κ3) is 3.69. The van der Waals surface area contributed by atoms with Crippen LogP contribution < -0.4 is 5.32 Å². The normalized spacial score (nSPS) is 10.8. The summed E-state index contributed by atoms with van der Waals surface area (Å²) in [5, 5.41) is 4.54. The van der Waals surface area contributed by atoms with Crippen LogP contribution in [0.3, 0.4) is 0 Å². The average molecular weight is 333 g/mol. The van der Waals surface area contributed by atoms with Gasteiger partial charge in [-0.2, -0.15) is 0 Å². The topological polar surface area (TPSA) is 38.1 Å². The van der Waals surface area contributed by atoms with Crippen molar-refractivity contribution < 1.29 is 4.42 Å². The summed E-state index contributed by atoms with van der Waals surface area (Å²) in [5.41, 5.74) is 1.79. The molecule has 112 valence electrons. The fraction of sp³-hybridized carbons (Fsp3) is 0.118. The number of hydrogen-bond acceptors (Lipinski definition) is 3. The molecular formula is C17H14Cl2N2O. The van der Waals surface area contributed by atoms with Crippen LogP contribution in [0.25, 0.3) is 11.3 Å². The molecular weight excluding hydrogens is 319 g/mol. The number of benzene rings is 1. The summed E-state index contributed by atoms with van der Waals surface area (Å²) < 4.78 is 5.82. The zero-order chi connectivity index (χ0) is 15.4. The smallest absolute Gasteiger partial charge is 0.135 e. The molecule has 0 saturated heterocycles. The van der Waals surface area contributed by atoms with Crippen LogP contribution in [0.2, 0.25) is 10.0 Å². The van der Waals surface area contributed by atoms with Crippen LogP contribution >= 0.6 is 23.2 Å². The Bertz CT molecular complexity index is 756. The molecule has 0 atom stereocenters. The highest BCUT2D eigenvalue weighted by Gasteiger charge is 2.09. The van der Waals surface area contributed by atoms with E-state index in [0.29, 0.717) is 28.9 Å². The Kier molecular flexibility index (Phi) is 4.78. The van der Waals surface area contributed by atoms with E-state index in [9.17, 15) is 0 Å². The first-order chi connectivity index (χ1) is 10.7. The van der Waals surface area contributed by atoms with E-state index in [2.05, 4.69) is 10.3 Å². The summed E-state index contributed by atoms with van der Waals surface area (Å²) in [4.78, 5) is 4.26. The number of rotatable bonds is 5. The molecule has 0 unspecified atom stereocenters. The maximum absolute atomic E-state index is 6.18. The van der Waals surface area contributed by atoms with Crippen LogP contribution in [0.15, 0.2) is 59.1 Å². The predicted octanol–water partition coefficient (Wildman–Crippen LogP) is 4.94. The van der Waals surface area contributed by atoms with E-state index in [1.165, 1.54) is 0 Å². The second-order valence-electron chi connectivity index (χ2n) is 4.81. The minimum atomic E-state index is 0.617. The minimum Gasteiger partial charge on any atom is -0.460 e. The molecule has 1 aromatic carbocycles. The van der Waals surface area contributed by atoms with E-state index in [1.54, 1.807) is 24.4 Å². The van der Waals surface area contributed by atoms with Gasteiger partial charge in [0.2, 0.25) is 0 Å². The van der Waals surface area contributed by atoms with Crippen molar-refractivity contribution in [2.75, 3.05) is 0 Å². The Balaban J connectivity index is 1.65. The van der Waals surface area contributed by atoms with Gasteiger partial charge in [-0.05, 0) is 42.5 Å². The molecule has 22 heavy (non-hydrogen) atoms. The van der Waals surface area contributed by atoms with Crippen molar-refractivity contribution in [1.29, 1.82) is 0 Å². The van der Waals surface area contributed by atoms with Crippen LogP contribution in [-0.2, 0) is 13.1 Å². The molecule has 3 aromatic rings. The lowest BCUT2D eigenvalue weighted by Gasteiger charge is -2.03. The Hall–Kier alpha value is -1.81. The van der Waals surface area contributed by atoms with Crippen molar-refractivity contribution >= 4 is 23.2 Å². The third-order valence-corrected chi connectivity index (χ3v) is 3.75. The summed E-state index contributed by atoms with van der Waals surface area (Å²) in [7, 11) is 0. The van der Waals surface area contributed by atoms with Gasteiger partial charge in [0.15, 0.2) is 0 Å². The molecule has 0 saturated carbocycles. The van der Waals surface area contributed by atoms with Gasteiger partial charge in [-0.1, -0.05) is 29.3 Å². The lowest BCUT2D eigenvalue weighted by Crippen LogP contribution is -2.12. The maximum Gasteiger partial charge on any atom is 0.135 e. The summed E-state index contributed by atoms with van der Waals surface area (Å²) in [6.07, 6.45) is 1.78. The molecule has 0 bridgehead atoms. The quantitative estimate of drug-likeness (QED) is 0.719. The number of aromatic nitrogens is 1. The maximum atomic E-state index is 6.18. The Morgan fingerprint density at radius 1 is 1.00 bits per heavy atom. The van der Waals surface area contributed by atoms with Crippen LogP contribution in [-0.4, -0.2) is 4.98 Å². The number of pyridine rings is 1. The number of hydrogen-bond donors (Lipinski definition) is 1. The van der Waals surface area contributed by atoms with Gasteiger partial charge in [0.05, 0.1) is 17.3 Å². The SMILES string of the molecule is Clc1ccc(Cl)c(-c2ccc(CNCc3ccccn3)o2)c1. The molecule has 0 amide bonds. The van der Waals surface area contributed by atoms with Crippen LogP contribution in [0, 0.1) is 0 Å². The van der Waals surface area contributed by atoms with Gasteiger partial charge in [0, 0.05) is 23.3 Å². The van der Waals surface area contributed by atoms with E-state index in [4.69, 9.17) is 27.6 Å². The average Bonchev–Trinajstić information content (AvgIpc) is 2.99. The van der Waals surface area contributed by atoms with Crippen molar-refractivity contribution in [2.24, 2.45) is 0 Å². The molecule has 0 aliphatic carbocycles. The fourth-order valence-corrected chi connectivity index (χ4v) is 2.50. The monoisotopic (exact) mass is 332 g/mol. The highest BCUT2D eigenvalue weighted by Crippen LogP contribution is 2.31. The van der Waals surface area contributed by atoms with Gasteiger partial charge < -0.3 is 9.73 Å². The molecule has 5 heteroatoms. The molecule has 3 rings (SSSR count). The van der Waals surface area contributed by atoms with Gasteiger partial charge in [-0.25, -0.2) is 0 Å². The first-order valence-electron chi connectivity index (χ1n) is 6.87. The Labute approximate surface area is 138 Å². The van der Waals surface area contributed by atoms with Gasteiger partial charge in [0.25, 0.3) is 0 Å². The summed E-state index contributed by atoms with van der Waals surface area (Å²) in [6, 6.07) is 15.0. The highest BCUT2D eigenvalue weighted by atomic mass is 35.5. The van der Waals surface area contributed by atoms with Crippen molar-refractivity contribution in [3.05, 3.63) is 76.2 Å². The van der Waals surface area contributed by atoms with E-state index in [1.807, 2.05) is 30.3 Å². The number of furan rings is 1. The van der Waals surface area contributed by atoms with Crippen LogP contribution in [0.1, 0.15) is 11.5 Å². The number of halogens is 2. The van der Waals surface area contributed by atoms with Crippen LogP contribution in [0.4, 0.5) is 0 Å². The van der Waals surface area contributed by atoms with Gasteiger partial charge in [-0.3, -0.25) is 4.98 Å². The molecule has 0 fully saturated rings. The Morgan fingerprint density at radius 3 is 2.73 bits per heavy atom. The van der Waals surface area contributed by atoms with Gasteiger partial charge in [-0.15, -0.1) is 0 Å². The second kappa shape index (κ2) is 6.97. The molecule has 2 aromatic heterocycles. The third-order valence-electron chi connectivity index (χ3n) is 3.19. The van der Waals surface area contributed by atoms with Gasteiger partial charge >= 0.3 is 0 Å². The molecule has 0 aliphatic rings. The summed E-state index contributed by atoms with van der Waals surface area (Å²) in [5.74, 6) is 1.55. The number of nitrogens with zero attached hydrogens (tertiary/aromatic N) is 1. The molecule has 2 heterocycles. The molecule has 0 spiro atoms. The summed E-state index contributed by atoms with van der Waals surface area (Å²) >= 11 is 12.2. The molecule has 3 nitrogen and oxygen atoms in total. The molecule has 0 radical (unpaired) electrons. The lowest BCUT2D eigenvalue weighted by atomic mass is 10.2. The first-order valence-corrected chi connectivity index (χ1v) is 7.63. The Morgan fingerprint density at radius 2 is 1.91 bits per heavy atom. The zero-order valence-corrected chi connectivity index (χ0v) is 13.2. The molecule has 0 aliphatic heterocycles. The highest BCUT2D eigenvalue weighted by molar-refractivity contribution is 6.35. The zero-order valence-electron chi connectivity index (χ0n) is 11.7. The van der Waals surface area contributed by atoms with Crippen molar-refractivity contribution in [3.8, 4) is 11.3 Å². The van der Waals surface area contributed by atoms with Crippen molar-refractivity contribution in [3.63, 3.8) is 0 Å². The second-order valence-corrected chi connectivity index (χ2v) is 5.66. The lowest BCUT2D eigenvalue weighted by molar-refractivity contribution is 0.492. The minimum absolute atomic E-state index is 0.617. The molecule has 1 N–H and O–H groups in total. The standard InChI is InChI=1S/C17H14Cl2N2O/c18-12-4-6-16(19)15(9-12)17-7-5-14(22-17)11-20-10-13-3-1-2-8-21-13/h1-9,20H,10-11H2. The van der Waals surface area contributed by atoms with E-state index in [0.717, 1.165) is 17.0 Å². The van der Waals surface area contributed by atoms with Crippen molar-refractivity contribution in [1.82, 2.24) is 10.3 Å². The van der Waals surface area contributed by atoms with Crippen LogP contribution in [0.5, 0.6) is 0 Å². The largest absolute Gasteiger partial charge is 0.460 e. The number of nitrogens with one attached hydrogen (secondary N) is 1. The van der Waals surface area contributed by atoms with Gasteiger partial charge in [0.1, 0.15) is 11.5 Å². The first kappa shape index (κ1) is 15.1. The fourth-order valence-electron chi connectivity index (χ4n) is 2.12.